The van der Waals surface area contributed by atoms with Gasteiger partial charge in [-0.1, -0.05) is 30.3 Å². The van der Waals surface area contributed by atoms with E-state index in [0.29, 0.717) is 22.9 Å². The van der Waals surface area contributed by atoms with Crippen LogP contribution < -0.4 is 0 Å². The molecule has 0 bridgehead atoms. The number of carbonyl (C=O) groups excluding carboxylic acids is 1. The Morgan fingerprint density at radius 3 is 2.70 bits per heavy atom. The SMILES string of the molecule is O=C(CN1CC(F)(F)CN2CC=C(c3ccncn3)N=C21)c1ccccc1. The van der Waals surface area contributed by atoms with Gasteiger partial charge in [-0.3, -0.25) is 4.79 Å². The first-order valence-corrected chi connectivity index (χ1v) is 8.53. The number of carbonyl (C=O) groups is 1. The lowest BCUT2D eigenvalue weighted by Crippen LogP contribution is -2.60. The van der Waals surface area contributed by atoms with Crippen LogP contribution in [-0.4, -0.2) is 63.6 Å². The number of ketones is 1. The molecule has 0 aliphatic carbocycles. The third kappa shape index (κ3) is 3.69. The van der Waals surface area contributed by atoms with Gasteiger partial charge in [-0.2, -0.15) is 0 Å². The molecule has 2 aliphatic rings. The minimum absolute atomic E-state index is 0.161. The van der Waals surface area contributed by atoms with Crippen LogP contribution in [0.2, 0.25) is 0 Å². The molecule has 6 nitrogen and oxygen atoms in total. The first-order valence-electron chi connectivity index (χ1n) is 8.53. The van der Waals surface area contributed by atoms with Gasteiger partial charge in [0.15, 0.2) is 5.78 Å². The number of guanidine groups is 1. The van der Waals surface area contributed by atoms with E-state index >= 15 is 0 Å². The Hall–Kier alpha value is -3.16. The average molecular weight is 369 g/mol. The van der Waals surface area contributed by atoms with Gasteiger partial charge in [0, 0.05) is 18.3 Å². The van der Waals surface area contributed by atoms with E-state index in [0.717, 1.165) is 0 Å². The third-order valence-electron chi connectivity index (χ3n) is 4.41. The van der Waals surface area contributed by atoms with Gasteiger partial charge in [0.1, 0.15) is 6.33 Å². The summed E-state index contributed by atoms with van der Waals surface area (Å²) in [4.78, 5) is 28.0. The molecule has 2 aromatic rings. The zero-order chi connectivity index (χ0) is 18.9. The molecule has 0 saturated carbocycles. The molecule has 1 saturated heterocycles. The minimum atomic E-state index is -2.92. The van der Waals surface area contributed by atoms with Gasteiger partial charge < -0.3 is 9.80 Å². The number of rotatable bonds is 4. The van der Waals surface area contributed by atoms with Gasteiger partial charge in [0.05, 0.1) is 31.0 Å². The highest BCUT2D eigenvalue weighted by molar-refractivity contribution is 6.00. The number of aliphatic imine (C=N–C) groups is 1. The number of alkyl halides is 2. The van der Waals surface area contributed by atoms with Crippen LogP contribution in [0.4, 0.5) is 8.78 Å². The molecule has 0 spiro atoms. The molecule has 0 atom stereocenters. The van der Waals surface area contributed by atoms with Gasteiger partial charge in [0.2, 0.25) is 5.96 Å². The maximum absolute atomic E-state index is 14.2. The molecule has 1 aromatic carbocycles. The summed E-state index contributed by atoms with van der Waals surface area (Å²) >= 11 is 0. The summed E-state index contributed by atoms with van der Waals surface area (Å²) in [5.74, 6) is -2.77. The molecule has 0 N–H and O–H groups in total. The van der Waals surface area contributed by atoms with Crippen LogP contribution in [0.3, 0.4) is 0 Å². The number of nitrogens with zero attached hydrogens (tertiary/aromatic N) is 5. The molecule has 4 rings (SSSR count). The summed E-state index contributed by atoms with van der Waals surface area (Å²) in [6.07, 6.45) is 4.76. The smallest absolute Gasteiger partial charge is 0.282 e. The second kappa shape index (κ2) is 6.86. The molecular formula is C19H17F2N5O. The lowest BCUT2D eigenvalue weighted by atomic mass is 10.1. The number of benzene rings is 1. The fourth-order valence-electron chi connectivity index (χ4n) is 3.21. The highest BCUT2D eigenvalue weighted by Gasteiger charge is 2.43. The first-order chi connectivity index (χ1) is 13.0. The van der Waals surface area contributed by atoms with Crippen LogP contribution in [0.25, 0.3) is 5.70 Å². The molecule has 1 fully saturated rings. The van der Waals surface area contributed by atoms with Gasteiger partial charge in [-0.15, -0.1) is 0 Å². The minimum Gasteiger partial charge on any atom is -0.333 e. The van der Waals surface area contributed by atoms with Crippen LogP contribution in [-0.2, 0) is 0 Å². The van der Waals surface area contributed by atoms with E-state index in [4.69, 9.17) is 0 Å². The van der Waals surface area contributed by atoms with E-state index in [1.165, 1.54) is 16.1 Å². The van der Waals surface area contributed by atoms with Crippen molar-refractivity contribution >= 4 is 17.4 Å². The van der Waals surface area contributed by atoms with Gasteiger partial charge in [-0.25, -0.2) is 23.7 Å². The van der Waals surface area contributed by atoms with Crippen molar-refractivity contribution in [1.82, 2.24) is 19.8 Å². The Labute approximate surface area is 154 Å². The summed E-state index contributed by atoms with van der Waals surface area (Å²) in [5.41, 5.74) is 1.69. The molecule has 138 valence electrons. The molecule has 3 heterocycles. The monoisotopic (exact) mass is 369 g/mol. The molecular weight excluding hydrogens is 352 g/mol. The Kier molecular flexibility index (Phi) is 4.39. The van der Waals surface area contributed by atoms with Crippen molar-refractivity contribution in [2.24, 2.45) is 4.99 Å². The van der Waals surface area contributed by atoms with E-state index in [9.17, 15) is 13.6 Å². The lowest BCUT2D eigenvalue weighted by molar-refractivity contribution is -0.0529. The van der Waals surface area contributed by atoms with Crippen LogP contribution >= 0.6 is 0 Å². The summed E-state index contributed by atoms with van der Waals surface area (Å²) in [5, 5.41) is 0. The number of Topliss-reactive ketones (excluding diaryl/α,β-unsaturated/α-hetero) is 1. The molecule has 8 heteroatoms. The first kappa shape index (κ1) is 17.3. The Morgan fingerprint density at radius 1 is 1.15 bits per heavy atom. The maximum atomic E-state index is 14.2. The highest BCUT2D eigenvalue weighted by Crippen LogP contribution is 2.28. The summed E-state index contributed by atoms with van der Waals surface area (Å²) in [6.45, 7) is -0.844. The number of hydrogen-bond acceptors (Lipinski definition) is 6. The second-order valence-electron chi connectivity index (χ2n) is 6.48. The number of halogens is 2. The molecule has 1 aromatic heterocycles. The van der Waals surface area contributed by atoms with Crippen LogP contribution in [0.5, 0.6) is 0 Å². The zero-order valence-electron chi connectivity index (χ0n) is 14.4. The van der Waals surface area contributed by atoms with Gasteiger partial charge in [0.25, 0.3) is 5.92 Å². The maximum Gasteiger partial charge on any atom is 0.282 e. The van der Waals surface area contributed by atoms with Crippen molar-refractivity contribution in [2.45, 2.75) is 5.92 Å². The van der Waals surface area contributed by atoms with Crippen molar-refractivity contribution in [2.75, 3.05) is 26.2 Å². The van der Waals surface area contributed by atoms with Gasteiger partial charge >= 0.3 is 0 Å². The topological polar surface area (TPSA) is 61.7 Å². The quantitative estimate of drug-likeness (QED) is 0.774. The third-order valence-corrected chi connectivity index (χ3v) is 4.41. The van der Waals surface area contributed by atoms with E-state index in [2.05, 4.69) is 15.0 Å². The van der Waals surface area contributed by atoms with Crippen molar-refractivity contribution in [3.8, 4) is 0 Å². The fraction of sp³-hybridized carbons (Fsp3) is 0.263. The van der Waals surface area contributed by atoms with Crippen LogP contribution in [0, 0.1) is 0 Å². The number of hydrogen-bond donors (Lipinski definition) is 0. The number of aromatic nitrogens is 2. The van der Waals surface area contributed by atoms with Crippen molar-refractivity contribution in [1.29, 1.82) is 0 Å². The second-order valence-corrected chi connectivity index (χ2v) is 6.48. The normalized spacial score (nSPS) is 18.4. The van der Waals surface area contributed by atoms with E-state index in [-0.39, 0.29) is 18.9 Å². The standard InChI is InChI=1S/C19H17F2N5O/c20-19(21)11-25-9-7-16(15-6-8-22-13-23-15)24-18(25)26(12-19)10-17(27)14-4-2-1-3-5-14/h1-8,13H,9-12H2. The fourth-order valence-corrected chi connectivity index (χ4v) is 3.21. The Morgan fingerprint density at radius 2 is 1.96 bits per heavy atom. The van der Waals surface area contributed by atoms with E-state index in [1.807, 2.05) is 0 Å². The number of fused-ring (bicyclic) bond motifs is 1. The predicted octanol–water partition coefficient (Wildman–Crippen LogP) is 2.32. The van der Waals surface area contributed by atoms with Gasteiger partial charge in [-0.05, 0) is 12.1 Å². The summed E-state index contributed by atoms with van der Waals surface area (Å²) < 4.78 is 28.4. The van der Waals surface area contributed by atoms with Crippen molar-refractivity contribution in [3.05, 3.63) is 66.3 Å². The van der Waals surface area contributed by atoms with Crippen LogP contribution in [0.1, 0.15) is 16.1 Å². The average Bonchev–Trinajstić information content (AvgIpc) is 2.68. The molecule has 0 unspecified atom stereocenters. The zero-order valence-corrected chi connectivity index (χ0v) is 14.4. The molecule has 2 aliphatic heterocycles. The Balaban J connectivity index is 1.63. The molecule has 27 heavy (non-hydrogen) atoms. The molecule has 0 amide bonds. The largest absolute Gasteiger partial charge is 0.333 e. The summed E-state index contributed by atoms with van der Waals surface area (Å²) in [7, 11) is 0. The van der Waals surface area contributed by atoms with Crippen molar-refractivity contribution in [3.63, 3.8) is 0 Å². The molecule has 0 radical (unpaired) electrons. The Bertz CT molecular complexity index is 899. The van der Waals surface area contributed by atoms with E-state index < -0.39 is 19.0 Å². The van der Waals surface area contributed by atoms with E-state index in [1.54, 1.807) is 48.7 Å². The lowest BCUT2D eigenvalue weighted by Gasteiger charge is -2.43. The summed E-state index contributed by atoms with van der Waals surface area (Å²) in [6, 6.07) is 10.4. The predicted molar refractivity (Wildman–Crippen MR) is 96.3 cm³/mol. The highest BCUT2D eigenvalue weighted by atomic mass is 19.3. The van der Waals surface area contributed by atoms with Crippen molar-refractivity contribution < 1.29 is 13.6 Å². The van der Waals surface area contributed by atoms with Crippen LogP contribution in [0.15, 0.2) is 60.0 Å².